The van der Waals surface area contributed by atoms with E-state index < -0.39 is 0 Å². The Bertz CT molecular complexity index is 780. The highest BCUT2D eigenvalue weighted by molar-refractivity contribution is 6.30. The summed E-state index contributed by atoms with van der Waals surface area (Å²) >= 11 is 6.03. The molecule has 4 heteroatoms. The lowest BCUT2D eigenvalue weighted by Gasteiger charge is -2.49. The van der Waals surface area contributed by atoms with Gasteiger partial charge in [-0.05, 0) is 74.5 Å². The van der Waals surface area contributed by atoms with Gasteiger partial charge in [0.1, 0.15) is 11.5 Å². The molecule has 3 nitrogen and oxygen atoms in total. The van der Waals surface area contributed by atoms with Crippen molar-refractivity contribution in [3.63, 3.8) is 0 Å². The van der Waals surface area contributed by atoms with Crippen molar-refractivity contribution >= 4 is 11.6 Å². The van der Waals surface area contributed by atoms with E-state index >= 15 is 0 Å². The molecule has 150 valence electrons. The lowest BCUT2D eigenvalue weighted by Crippen LogP contribution is -2.59. The molecule has 2 atom stereocenters. The molecule has 1 aromatic heterocycles. The van der Waals surface area contributed by atoms with E-state index in [0.717, 1.165) is 40.6 Å². The molecule has 0 unspecified atom stereocenters. The maximum absolute atomic E-state index is 6.26. The fourth-order valence-electron chi connectivity index (χ4n) is 5.87. The summed E-state index contributed by atoms with van der Waals surface area (Å²) in [6.45, 7) is 4.65. The number of nitrogens with zero attached hydrogens (tertiary/aromatic N) is 2. The van der Waals surface area contributed by atoms with Crippen molar-refractivity contribution in [1.82, 2.24) is 9.80 Å². The van der Waals surface area contributed by atoms with Gasteiger partial charge in [-0.2, -0.15) is 0 Å². The molecule has 5 rings (SSSR count). The Labute approximate surface area is 173 Å². The van der Waals surface area contributed by atoms with Gasteiger partial charge in [0.15, 0.2) is 0 Å². The Morgan fingerprint density at radius 2 is 1.68 bits per heavy atom. The zero-order valence-corrected chi connectivity index (χ0v) is 17.4. The molecule has 1 aliphatic carbocycles. The Balaban J connectivity index is 1.34. The fourth-order valence-corrected chi connectivity index (χ4v) is 6.00. The molecule has 2 aliphatic heterocycles. The number of benzene rings is 1. The molecule has 3 fully saturated rings. The van der Waals surface area contributed by atoms with Crippen LogP contribution < -0.4 is 0 Å². The van der Waals surface area contributed by atoms with E-state index in [1.807, 2.05) is 24.3 Å². The molecule has 0 amide bonds. The molecule has 1 saturated carbocycles. The Morgan fingerprint density at radius 1 is 0.857 bits per heavy atom. The molecule has 0 spiro atoms. The van der Waals surface area contributed by atoms with Gasteiger partial charge in [0, 0.05) is 35.8 Å². The third-order valence-corrected chi connectivity index (χ3v) is 7.44. The third-order valence-electron chi connectivity index (χ3n) is 7.19. The molecule has 28 heavy (non-hydrogen) atoms. The maximum Gasteiger partial charge on any atom is 0.134 e. The molecule has 1 aromatic carbocycles. The SMILES string of the molecule is Clc1ccc(-c2ccc(CN3CCN4CCC[C@H]4[C@H]3C3CCCCC3)o2)cc1. The van der Waals surface area contributed by atoms with Crippen molar-refractivity contribution in [2.75, 3.05) is 19.6 Å². The van der Waals surface area contributed by atoms with E-state index in [-0.39, 0.29) is 0 Å². The average Bonchev–Trinajstić information content (AvgIpc) is 3.39. The van der Waals surface area contributed by atoms with Crippen LogP contribution in [0.2, 0.25) is 5.02 Å². The van der Waals surface area contributed by atoms with Crippen molar-refractivity contribution < 1.29 is 4.42 Å². The van der Waals surface area contributed by atoms with Gasteiger partial charge in [0.2, 0.25) is 0 Å². The second-order valence-corrected chi connectivity index (χ2v) is 9.31. The average molecular weight is 399 g/mol. The quantitative estimate of drug-likeness (QED) is 0.646. The van der Waals surface area contributed by atoms with Gasteiger partial charge in [0.05, 0.1) is 6.54 Å². The van der Waals surface area contributed by atoms with E-state index in [2.05, 4.69) is 21.9 Å². The second kappa shape index (κ2) is 8.22. The van der Waals surface area contributed by atoms with Gasteiger partial charge in [-0.15, -0.1) is 0 Å². The number of hydrogen-bond acceptors (Lipinski definition) is 3. The minimum Gasteiger partial charge on any atom is -0.460 e. The highest BCUT2D eigenvalue weighted by Crippen LogP contribution is 2.38. The number of halogens is 1. The van der Waals surface area contributed by atoms with Crippen molar-refractivity contribution in [2.24, 2.45) is 5.92 Å². The monoisotopic (exact) mass is 398 g/mol. The number of piperazine rings is 1. The predicted molar refractivity (Wildman–Crippen MR) is 115 cm³/mol. The first-order valence-electron chi connectivity index (χ1n) is 11.1. The Hall–Kier alpha value is -1.29. The minimum absolute atomic E-state index is 0.709. The number of fused-ring (bicyclic) bond motifs is 1. The smallest absolute Gasteiger partial charge is 0.134 e. The molecular formula is C24H31ClN2O. The first-order chi connectivity index (χ1) is 13.8. The summed E-state index contributed by atoms with van der Waals surface area (Å²) in [5.74, 6) is 2.91. The standard InChI is InChI=1S/C24H31ClN2O/c25-20-10-8-18(9-11-20)23-13-12-21(28-23)17-27-16-15-26-14-4-7-22(26)24(27)19-5-2-1-3-6-19/h8-13,19,22,24H,1-7,14-17H2/t22-,24+/m0/s1. The van der Waals surface area contributed by atoms with Crippen LogP contribution in [0.1, 0.15) is 50.7 Å². The summed E-state index contributed by atoms with van der Waals surface area (Å²) in [7, 11) is 0. The zero-order valence-electron chi connectivity index (χ0n) is 16.7. The van der Waals surface area contributed by atoms with Crippen LogP contribution in [-0.2, 0) is 6.54 Å². The molecule has 0 bridgehead atoms. The first-order valence-corrected chi connectivity index (χ1v) is 11.5. The molecule has 0 N–H and O–H groups in total. The van der Waals surface area contributed by atoms with Crippen LogP contribution in [0.15, 0.2) is 40.8 Å². The number of rotatable bonds is 4. The summed E-state index contributed by atoms with van der Waals surface area (Å²) in [6, 6.07) is 13.7. The number of hydrogen-bond donors (Lipinski definition) is 0. The summed E-state index contributed by atoms with van der Waals surface area (Å²) < 4.78 is 6.26. The van der Waals surface area contributed by atoms with Crippen molar-refractivity contribution in [2.45, 2.75) is 63.6 Å². The van der Waals surface area contributed by atoms with Crippen molar-refractivity contribution in [1.29, 1.82) is 0 Å². The van der Waals surface area contributed by atoms with Crippen LogP contribution in [0.3, 0.4) is 0 Å². The van der Waals surface area contributed by atoms with E-state index in [1.165, 1.54) is 64.6 Å². The number of furan rings is 1. The van der Waals surface area contributed by atoms with Gasteiger partial charge >= 0.3 is 0 Å². The zero-order chi connectivity index (χ0) is 18.9. The molecule has 3 aliphatic rings. The van der Waals surface area contributed by atoms with E-state index in [4.69, 9.17) is 16.0 Å². The van der Waals surface area contributed by atoms with Gasteiger partial charge in [-0.1, -0.05) is 30.9 Å². The van der Waals surface area contributed by atoms with Gasteiger partial charge in [-0.25, -0.2) is 0 Å². The molecular weight excluding hydrogens is 368 g/mol. The highest BCUT2D eigenvalue weighted by Gasteiger charge is 2.43. The van der Waals surface area contributed by atoms with E-state index in [9.17, 15) is 0 Å². The van der Waals surface area contributed by atoms with E-state index in [1.54, 1.807) is 0 Å². The normalized spacial score (nSPS) is 27.2. The van der Waals surface area contributed by atoms with E-state index in [0.29, 0.717) is 6.04 Å². The van der Waals surface area contributed by atoms with Crippen LogP contribution in [0.4, 0.5) is 0 Å². The summed E-state index contributed by atoms with van der Waals surface area (Å²) in [6.07, 6.45) is 9.86. The first kappa shape index (κ1) is 18.7. The Morgan fingerprint density at radius 3 is 2.50 bits per heavy atom. The van der Waals surface area contributed by atoms with Crippen LogP contribution in [0.5, 0.6) is 0 Å². The van der Waals surface area contributed by atoms with Crippen LogP contribution in [0, 0.1) is 5.92 Å². The third kappa shape index (κ3) is 3.77. The van der Waals surface area contributed by atoms with Gasteiger partial charge < -0.3 is 4.42 Å². The molecule has 2 saturated heterocycles. The van der Waals surface area contributed by atoms with Crippen LogP contribution >= 0.6 is 11.6 Å². The summed E-state index contributed by atoms with van der Waals surface area (Å²) in [5, 5.41) is 0.764. The predicted octanol–water partition coefficient (Wildman–Crippen LogP) is 5.83. The largest absolute Gasteiger partial charge is 0.460 e. The lowest BCUT2D eigenvalue weighted by atomic mass is 9.78. The minimum atomic E-state index is 0.709. The van der Waals surface area contributed by atoms with Crippen molar-refractivity contribution in [3.05, 3.63) is 47.2 Å². The van der Waals surface area contributed by atoms with Crippen LogP contribution in [0.25, 0.3) is 11.3 Å². The topological polar surface area (TPSA) is 19.6 Å². The summed E-state index contributed by atoms with van der Waals surface area (Å²) in [4.78, 5) is 5.53. The second-order valence-electron chi connectivity index (χ2n) is 8.88. The maximum atomic E-state index is 6.26. The lowest BCUT2D eigenvalue weighted by molar-refractivity contribution is -0.00696. The highest BCUT2D eigenvalue weighted by atomic mass is 35.5. The van der Waals surface area contributed by atoms with Crippen LogP contribution in [-0.4, -0.2) is 41.5 Å². The Kier molecular flexibility index (Phi) is 5.49. The fraction of sp³-hybridized carbons (Fsp3) is 0.583. The molecule has 0 radical (unpaired) electrons. The molecule has 3 heterocycles. The van der Waals surface area contributed by atoms with Gasteiger partial charge in [0.25, 0.3) is 0 Å². The molecule has 2 aromatic rings. The van der Waals surface area contributed by atoms with Gasteiger partial charge in [-0.3, -0.25) is 9.80 Å². The van der Waals surface area contributed by atoms with Crippen molar-refractivity contribution in [3.8, 4) is 11.3 Å². The summed E-state index contributed by atoms with van der Waals surface area (Å²) in [5.41, 5.74) is 1.10.